The number of nitrogens with one attached hydrogen (secondary N) is 1. The zero-order valence-electron chi connectivity index (χ0n) is 17.1. The lowest BCUT2D eigenvalue weighted by Crippen LogP contribution is -2.26. The number of hydrogen-bond acceptors (Lipinski definition) is 5. The summed E-state index contributed by atoms with van der Waals surface area (Å²) in [7, 11) is -2.11. The van der Waals surface area contributed by atoms with Crippen molar-refractivity contribution >= 4 is 21.6 Å². The lowest BCUT2D eigenvalue weighted by atomic mass is 10.2. The van der Waals surface area contributed by atoms with Gasteiger partial charge in [-0.3, -0.25) is 9.52 Å². The molecule has 7 nitrogen and oxygen atoms in total. The zero-order chi connectivity index (χ0) is 21.7. The summed E-state index contributed by atoms with van der Waals surface area (Å²) in [5.74, 6) is 1.90. The number of furan rings is 1. The number of carbonyl (C=O) groups excluding carboxylic acids is 1. The highest BCUT2D eigenvalue weighted by molar-refractivity contribution is 7.92. The molecule has 0 atom stereocenters. The van der Waals surface area contributed by atoms with Crippen LogP contribution in [0.1, 0.15) is 28.8 Å². The van der Waals surface area contributed by atoms with Crippen LogP contribution in [0.3, 0.4) is 0 Å². The summed E-state index contributed by atoms with van der Waals surface area (Å²) in [6, 6.07) is 16.1. The highest BCUT2D eigenvalue weighted by Gasteiger charge is 2.17. The van der Waals surface area contributed by atoms with Gasteiger partial charge < -0.3 is 14.1 Å². The van der Waals surface area contributed by atoms with Crippen molar-refractivity contribution in [2.75, 3.05) is 18.4 Å². The number of ether oxygens (including phenoxy) is 1. The Morgan fingerprint density at radius 2 is 1.70 bits per heavy atom. The fraction of sp³-hybridized carbons (Fsp3) is 0.227. The molecule has 1 heterocycles. The van der Waals surface area contributed by atoms with E-state index < -0.39 is 10.0 Å². The second-order valence-corrected chi connectivity index (χ2v) is 8.44. The maximum absolute atomic E-state index is 12.6. The van der Waals surface area contributed by atoms with Gasteiger partial charge in [-0.1, -0.05) is 0 Å². The number of anilines is 1. The van der Waals surface area contributed by atoms with E-state index in [0.29, 0.717) is 35.9 Å². The zero-order valence-corrected chi connectivity index (χ0v) is 17.9. The molecule has 3 rings (SSSR count). The topological polar surface area (TPSA) is 88.8 Å². The first-order valence-corrected chi connectivity index (χ1v) is 10.9. The van der Waals surface area contributed by atoms with E-state index in [-0.39, 0.29) is 10.8 Å². The minimum atomic E-state index is -3.78. The maximum Gasteiger partial charge on any atom is 0.261 e. The Morgan fingerprint density at radius 1 is 1.03 bits per heavy atom. The summed E-state index contributed by atoms with van der Waals surface area (Å²) in [6.45, 7) is 4.57. The van der Waals surface area contributed by atoms with E-state index in [4.69, 9.17) is 9.15 Å². The lowest BCUT2D eigenvalue weighted by molar-refractivity contribution is 0.0775. The number of rotatable bonds is 8. The maximum atomic E-state index is 12.6. The number of hydrogen-bond donors (Lipinski definition) is 1. The molecule has 1 amide bonds. The Labute approximate surface area is 176 Å². The molecule has 1 aromatic heterocycles. The standard InChI is InChI=1S/C22H24N2O5S/c1-4-28-19-11-8-18(9-12-19)23-30(26,27)21-13-6-17(7-14-21)22(25)24(3)15-20-10-5-16(2)29-20/h5-14,23H,4,15H2,1-3H3. The van der Waals surface area contributed by atoms with Gasteiger partial charge in [-0.15, -0.1) is 0 Å². The molecular formula is C22H24N2O5S. The molecule has 2 aromatic carbocycles. The number of aryl methyl sites for hydroxylation is 1. The van der Waals surface area contributed by atoms with Crippen LogP contribution < -0.4 is 9.46 Å². The summed E-state index contributed by atoms with van der Waals surface area (Å²) in [4.78, 5) is 14.2. The van der Waals surface area contributed by atoms with E-state index in [2.05, 4.69) is 4.72 Å². The first kappa shape index (κ1) is 21.4. The van der Waals surface area contributed by atoms with Crippen LogP contribution in [0.15, 0.2) is 70.0 Å². The first-order valence-electron chi connectivity index (χ1n) is 9.45. The van der Waals surface area contributed by atoms with E-state index in [1.165, 1.54) is 29.2 Å². The second-order valence-electron chi connectivity index (χ2n) is 6.76. The van der Waals surface area contributed by atoms with Crippen LogP contribution in [-0.4, -0.2) is 32.9 Å². The third kappa shape index (κ3) is 5.21. The number of nitrogens with zero attached hydrogens (tertiary/aromatic N) is 1. The average Bonchev–Trinajstić information content (AvgIpc) is 3.13. The van der Waals surface area contributed by atoms with E-state index in [1.54, 1.807) is 31.3 Å². The molecule has 0 bridgehead atoms. The number of carbonyl (C=O) groups is 1. The summed E-state index contributed by atoms with van der Waals surface area (Å²) in [6.07, 6.45) is 0. The highest BCUT2D eigenvalue weighted by atomic mass is 32.2. The fourth-order valence-corrected chi connectivity index (χ4v) is 3.93. The van der Waals surface area contributed by atoms with E-state index in [1.807, 2.05) is 26.0 Å². The quantitative estimate of drug-likeness (QED) is 0.584. The second kappa shape index (κ2) is 9.04. The van der Waals surface area contributed by atoms with E-state index in [0.717, 1.165) is 5.76 Å². The molecule has 0 unspecified atom stereocenters. The fourth-order valence-electron chi connectivity index (χ4n) is 2.87. The van der Waals surface area contributed by atoms with Crippen LogP contribution in [0, 0.1) is 6.92 Å². The van der Waals surface area contributed by atoms with Crippen molar-refractivity contribution in [3.8, 4) is 5.75 Å². The Bertz CT molecular complexity index is 1100. The average molecular weight is 429 g/mol. The third-order valence-corrected chi connectivity index (χ3v) is 5.76. The minimum Gasteiger partial charge on any atom is -0.494 e. The molecule has 0 radical (unpaired) electrons. The van der Waals surface area contributed by atoms with Crippen molar-refractivity contribution in [1.29, 1.82) is 0 Å². The Hall–Kier alpha value is -3.26. The summed E-state index contributed by atoms with van der Waals surface area (Å²) < 4.78 is 38.6. The molecule has 1 N–H and O–H groups in total. The summed E-state index contributed by atoms with van der Waals surface area (Å²) in [5, 5.41) is 0. The smallest absolute Gasteiger partial charge is 0.261 e. The van der Waals surface area contributed by atoms with Crippen molar-refractivity contribution in [2.45, 2.75) is 25.3 Å². The molecule has 0 spiro atoms. The molecular weight excluding hydrogens is 404 g/mol. The molecule has 3 aromatic rings. The Kier molecular flexibility index (Phi) is 6.47. The first-order chi connectivity index (χ1) is 14.3. The Balaban J connectivity index is 1.68. The molecule has 0 aliphatic heterocycles. The van der Waals surface area contributed by atoms with Gasteiger partial charge in [-0.25, -0.2) is 8.42 Å². The molecule has 30 heavy (non-hydrogen) atoms. The summed E-state index contributed by atoms with van der Waals surface area (Å²) >= 11 is 0. The van der Waals surface area contributed by atoms with Gasteiger partial charge in [0.2, 0.25) is 0 Å². The van der Waals surface area contributed by atoms with Gasteiger partial charge >= 0.3 is 0 Å². The van der Waals surface area contributed by atoms with Crippen LogP contribution in [-0.2, 0) is 16.6 Å². The van der Waals surface area contributed by atoms with Crippen LogP contribution >= 0.6 is 0 Å². The molecule has 0 fully saturated rings. The Morgan fingerprint density at radius 3 is 2.27 bits per heavy atom. The van der Waals surface area contributed by atoms with Gasteiger partial charge in [0.1, 0.15) is 17.3 Å². The predicted molar refractivity (Wildman–Crippen MR) is 114 cm³/mol. The lowest BCUT2D eigenvalue weighted by Gasteiger charge is -2.16. The van der Waals surface area contributed by atoms with Gasteiger partial charge in [-0.05, 0) is 74.5 Å². The van der Waals surface area contributed by atoms with Crippen LogP contribution in [0.4, 0.5) is 5.69 Å². The highest BCUT2D eigenvalue weighted by Crippen LogP contribution is 2.20. The number of sulfonamides is 1. The molecule has 158 valence electrons. The molecule has 0 saturated carbocycles. The monoisotopic (exact) mass is 428 g/mol. The van der Waals surface area contributed by atoms with Gasteiger partial charge in [0.25, 0.3) is 15.9 Å². The SMILES string of the molecule is CCOc1ccc(NS(=O)(=O)c2ccc(C(=O)N(C)Cc3ccc(C)o3)cc2)cc1. The van der Waals surface area contributed by atoms with Gasteiger partial charge in [0.15, 0.2) is 0 Å². The van der Waals surface area contributed by atoms with Crippen molar-refractivity contribution in [1.82, 2.24) is 4.90 Å². The van der Waals surface area contributed by atoms with Crippen molar-refractivity contribution in [3.63, 3.8) is 0 Å². The third-order valence-electron chi connectivity index (χ3n) is 4.36. The van der Waals surface area contributed by atoms with Gasteiger partial charge in [-0.2, -0.15) is 0 Å². The van der Waals surface area contributed by atoms with Gasteiger partial charge in [0.05, 0.1) is 18.0 Å². The van der Waals surface area contributed by atoms with Crippen LogP contribution in [0.25, 0.3) is 0 Å². The van der Waals surface area contributed by atoms with E-state index in [9.17, 15) is 13.2 Å². The molecule has 0 saturated heterocycles. The van der Waals surface area contributed by atoms with Crippen LogP contribution in [0.5, 0.6) is 5.75 Å². The molecule has 0 aliphatic carbocycles. The van der Waals surface area contributed by atoms with Crippen molar-refractivity contribution in [3.05, 3.63) is 77.7 Å². The molecule has 0 aliphatic rings. The molecule has 8 heteroatoms. The number of benzene rings is 2. The van der Waals surface area contributed by atoms with Crippen molar-refractivity contribution in [2.24, 2.45) is 0 Å². The van der Waals surface area contributed by atoms with Crippen molar-refractivity contribution < 1.29 is 22.4 Å². The van der Waals surface area contributed by atoms with Crippen LogP contribution in [0.2, 0.25) is 0 Å². The summed E-state index contributed by atoms with van der Waals surface area (Å²) in [5.41, 5.74) is 0.813. The normalized spacial score (nSPS) is 11.2. The largest absolute Gasteiger partial charge is 0.494 e. The van der Waals surface area contributed by atoms with Gasteiger partial charge in [0, 0.05) is 18.3 Å². The predicted octanol–water partition coefficient (Wildman–Crippen LogP) is 4.06. The minimum absolute atomic E-state index is 0.0669. The number of amides is 1. The van der Waals surface area contributed by atoms with E-state index >= 15 is 0 Å².